The highest BCUT2D eigenvalue weighted by Crippen LogP contribution is 2.21. The minimum atomic E-state index is -3.53. The van der Waals surface area contributed by atoms with E-state index in [4.69, 9.17) is 10.5 Å². The second-order valence-corrected chi connectivity index (χ2v) is 8.44. The van der Waals surface area contributed by atoms with E-state index in [1.807, 2.05) is 0 Å². The number of halogens is 1. The van der Waals surface area contributed by atoms with Gasteiger partial charge in [0.05, 0.1) is 17.0 Å². The molecule has 0 saturated carbocycles. The van der Waals surface area contributed by atoms with E-state index in [9.17, 15) is 17.6 Å². The molecule has 0 spiro atoms. The first-order valence-electron chi connectivity index (χ1n) is 8.60. The number of hydrogen-bond acceptors (Lipinski definition) is 5. The highest BCUT2D eigenvalue weighted by atomic mass is 32.2. The van der Waals surface area contributed by atoms with Gasteiger partial charge in [-0.2, -0.15) is 0 Å². The number of sulfone groups is 1. The van der Waals surface area contributed by atoms with Crippen molar-refractivity contribution in [3.63, 3.8) is 0 Å². The third kappa shape index (κ3) is 5.28. The number of hydrogen-bond donors (Lipinski definition) is 1. The van der Waals surface area contributed by atoms with E-state index < -0.39 is 9.84 Å². The third-order valence-electron chi connectivity index (χ3n) is 4.38. The van der Waals surface area contributed by atoms with E-state index in [2.05, 4.69) is 0 Å². The van der Waals surface area contributed by atoms with Gasteiger partial charge in [-0.15, -0.1) is 0 Å². The summed E-state index contributed by atoms with van der Waals surface area (Å²) in [4.78, 5) is 13.8. The van der Waals surface area contributed by atoms with Crippen LogP contribution in [0.4, 0.5) is 4.39 Å². The molecule has 0 bridgehead atoms. The maximum absolute atomic E-state index is 12.6. The minimum absolute atomic E-state index is 0.00715. The summed E-state index contributed by atoms with van der Waals surface area (Å²) in [6.07, 6.45) is 2.65. The van der Waals surface area contributed by atoms with Gasteiger partial charge < -0.3 is 15.4 Å². The van der Waals surface area contributed by atoms with Crippen molar-refractivity contribution >= 4 is 15.7 Å². The number of benzene rings is 1. The van der Waals surface area contributed by atoms with Crippen molar-refractivity contribution in [1.82, 2.24) is 4.90 Å². The van der Waals surface area contributed by atoms with E-state index in [0.29, 0.717) is 30.6 Å². The van der Waals surface area contributed by atoms with Gasteiger partial charge in [-0.25, -0.2) is 12.8 Å². The summed E-state index contributed by atoms with van der Waals surface area (Å²) in [5.41, 5.74) is 5.66. The fourth-order valence-corrected chi connectivity index (χ4v) is 4.41. The number of amides is 1. The van der Waals surface area contributed by atoms with Crippen LogP contribution in [-0.2, 0) is 14.6 Å². The molecule has 2 rings (SSSR count). The molecule has 8 heteroatoms. The van der Waals surface area contributed by atoms with Crippen LogP contribution in [-0.4, -0.2) is 50.7 Å². The molecule has 1 aromatic rings. The predicted octanol–water partition coefficient (Wildman–Crippen LogP) is 2.05. The molecule has 1 aliphatic heterocycles. The Kier molecular flexibility index (Phi) is 7.16. The number of nitrogens with two attached hydrogens (primary N) is 1. The maximum atomic E-state index is 12.6. The molecule has 1 fully saturated rings. The third-order valence-corrected chi connectivity index (χ3v) is 6.29. The molecule has 0 aliphatic carbocycles. The van der Waals surface area contributed by atoms with E-state index >= 15 is 0 Å². The van der Waals surface area contributed by atoms with Crippen molar-refractivity contribution in [3.8, 4) is 5.75 Å². The van der Waals surface area contributed by atoms with E-state index in [1.54, 1.807) is 11.8 Å². The van der Waals surface area contributed by atoms with E-state index in [0.717, 1.165) is 12.8 Å². The van der Waals surface area contributed by atoms with Crippen LogP contribution in [0.2, 0.25) is 0 Å². The van der Waals surface area contributed by atoms with E-state index in [1.165, 1.54) is 24.3 Å². The Morgan fingerprint density at radius 3 is 2.62 bits per heavy atom. The van der Waals surface area contributed by atoms with Crippen molar-refractivity contribution in [2.75, 3.05) is 25.4 Å². The summed E-state index contributed by atoms with van der Waals surface area (Å²) < 4.78 is 43.0. The zero-order valence-corrected chi connectivity index (χ0v) is 15.7. The monoisotopic (exact) mass is 384 g/mol. The lowest BCUT2D eigenvalue weighted by Crippen LogP contribution is -2.44. The van der Waals surface area contributed by atoms with Crippen LogP contribution < -0.4 is 10.5 Å². The van der Waals surface area contributed by atoms with Gasteiger partial charge >= 0.3 is 0 Å². The molecule has 1 heterocycles. The fraction of sp³-hybridized carbons (Fsp3) is 0.500. The average molecular weight is 384 g/mol. The topological polar surface area (TPSA) is 89.7 Å². The first-order chi connectivity index (χ1) is 12.4. The van der Waals surface area contributed by atoms with Crippen molar-refractivity contribution in [2.45, 2.75) is 37.1 Å². The summed E-state index contributed by atoms with van der Waals surface area (Å²) in [7, 11) is -3.53. The van der Waals surface area contributed by atoms with Gasteiger partial charge in [-0.05, 0) is 44.0 Å². The normalized spacial score (nSPS) is 17.3. The zero-order valence-electron chi connectivity index (χ0n) is 14.9. The average Bonchev–Trinajstić information content (AvgIpc) is 2.63. The van der Waals surface area contributed by atoms with Crippen molar-refractivity contribution in [2.24, 2.45) is 5.73 Å². The van der Waals surface area contributed by atoms with Crippen LogP contribution in [0, 0.1) is 0 Å². The molecule has 144 valence electrons. The molecule has 2 N–H and O–H groups in total. The summed E-state index contributed by atoms with van der Waals surface area (Å²) in [5.74, 6) is 0.316. The first kappa shape index (κ1) is 20.4. The van der Waals surface area contributed by atoms with Crippen molar-refractivity contribution in [3.05, 3.63) is 36.2 Å². The van der Waals surface area contributed by atoms with Gasteiger partial charge in [0, 0.05) is 31.1 Å². The second-order valence-electron chi connectivity index (χ2n) is 6.41. The Morgan fingerprint density at radius 2 is 2.04 bits per heavy atom. The molecule has 1 saturated heterocycles. The van der Waals surface area contributed by atoms with Crippen molar-refractivity contribution < 1.29 is 22.3 Å². The molecule has 26 heavy (non-hydrogen) atoms. The Hall–Kier alpha value is -1.93. The molecule has 0 aromatic heterocycles. The Balaban J connectivity index is 2.01. The molecule has 0 radical (unpaired) electrons. The zero-order chi connectivity index (χ0) is 19.2. The quantitative estimate of drug-likeness (QED) is 0.741. The van der Waals surface area contributed by atoms with Crippen LogP contribution in [0.1, 0.15) is 26.2 Å². The number of likely N-dealkylation sites (tertiary alicyclic amines) is 1. The molecule has 1 aliphatic rings. The Morgan fingerprint density at radius 1 is 1.35 bits per heavy atom. The van der Waals surface area contributed by atoms with Gasteiger partial charge in [-0.3, -0.25) is 4.79 Å². The summed E-state index contributed by atoms with van der Waals surface area (Å²) in [6, 6.07) is 5.59. The van der Waals surface area contributed by atoms with Gasteiger partial charge in [0.1, 0.15) is 12.4 Å². The summed E-state index contributed by atoms with van der Waals surface area (Å²) in [6.45, 7) is 2.42. The Labute approximate surface area is 153 Å². The standard InChI is InChI=1S/C18H25FN2O4S/c1-14(21-9-3-2-4-18(21)22)13-26(23,24)17-7-5-16(6-8-17)25-12-15(10-19)11-20/h5-8,10,14H,2-4,9,11-13,20H2,1H3/b15-10+. The smallest absolute Gasteiger partial charge is 0.222 e. The molecule has 1 aromatic carbocycles. The lowest BCUT2D eigenvalue weighted by molar-refractivity contribution is -0.134. The SMILES string of the molecule is CC(CS(=O)(=O)c1ccc(OC/C(=C/F)CN)cc1)N1CCCCC1=O. The minimum Gasteiger partial charge on any atom is -0.489 e. The summed E-state index contributed by atoms with van der Waals surface area (Å²) >= 11 is 0. The van der Waals surface area contributed by atoms with Gasteiger partial charge in [0.25, 0.3) is 0 Å². The van der Waals surface area contributed by atoms with E-state index in [-0.39, 0.29) is 35.7 Å². The van der Waals surface area contributed by atoms with Crippen LogP contribution in [0.15, 0.2) is 41.1 Å². The number of ether oxygens (including phenoxy) is 1. The van der Waals surface area contributed by atoms with Crippen LogP contribution >= 0.6 is 0 Å². The second kappa shape index (κ2) is 9.14. The first-order valence-corrected chi connectivity index (χ1v) is 10.3. The van der Waals surface area contributed by atoms with Crippen LogP contribution in [0.5, 0.6) is 5.75 Å². The number of nitrogens with zero attached hydrogens (tertiary/aromatic N) is 1. The molecular formula is C18H25FN2O4S. The fourth-order valence-electron chi connectivity index (χ4n) is 2.85. The number of carbonyl (C=O) groups is 1. The largest absolute Gasteiger partial charge is 0.489 e. The number of piperidine rings is 1. The molecule has 1 amide bonds. The van der Waals surface area contributed by atoms with Crippen LogP contribution in [0.3, 0.4) is 0 Å². The molecular weight excluding hydrogens is 359 g/mol. The molecule has 6 nitrogen and oxygen atoms in total. The maximum Gasteiger partial charge on any atom is 0.222 e. The Bertz CT molecular complexity index is 747. The highest BCUT2D eigenvalue weighted by molar-refractivity contribution is 7.91. The van der Waals surface area contributed by atoms with Gasteiger partial charge in [-0.1, -0.05) is 0 Å². The number of carbonyl (C=O) groups excluding carboxylic acids is 1. The summed E-state index contributed by atoms with van der Waals surface area (Å²) in [5, 5.41) is 0. The molecule has 1 unspecified atom stereocenters. The predicted molar refractivity (Wildman–Crippen MR) is 97.3 cm³/mol. The van der Waals surface area contributed by atoms with Crippen molar-refractivity contribution in [1.29, 1.82) is 0 Å². The lowest BCUT2D eigenvalue weighted by Gasteiger charge is -2.32. The number of rotatable bonds is 8. The highest BCUT2D eigenvalue weighted by Gasteiger charge is 2.27. The lowest BCUT2D eigenvalue weighted by atomic mass is 10.1. The van der Waals surface area contributed by atoms with Gasteiger partial charge in [0.15, 0.2) is 9.84 Å². The van der Waals surface area contributed by atoms with Gasteiger partial charge in [0.2, 0.25) is 5.91 Å². The van der Waals surface area contributed by atoms with Crippen LogP contribution in [0.25, 0.3) is 0 Å². The molecule has 1 atom stereocenters.